The molecule has 0 aromatic heterocycles. The highest BCUT2D eigenvalue weighted by atomic mass is 32.2. The molecule has 3 aromatic rings. The summed E-state index contributed by atoms with van der Waals surface area (Å²) in [5.41, 5.74) is 5.91. The number of anilines is 1. The highest BCUT2D eigenvalue weighted by Crippen LogP contribution is 2.17. The van der Waals surface area contributed by atoms with Gasteiger partial charge in [-0.1, -0.05) is 60.2 Å². The third-order valence-electron chi connectivity index (χ3n) is 6.04. The standard InChI is InChI=1S/C28H33N3OS/c1-23-7-9-25(10-8-23)22-33-20-15-29-28(32)26-13-11-24(12-14-26)21-30-16-18-31(19-17-30)27-5-3-2-4-6-27/h2-14H,15-22H2,1H3,(H,29,32). The predicted molar refractivity (Wildman–Crippen MR) is 140 cm³/mol. The summed E-state index contributed by atoms with van der Waals surface area (Å²) in [6, 6.07) is 27.3. The third kappa shape index (κ3) is 7.11. The lowest BCUT2D eigenvalue weighted by Crippen LogP contribution is -2.45. The molecule has 172 valence electrons. The Hall–Kier alpha value is -2.76. The number of thioether (sulfide) groups is 1. The van der Waals surface area contributed by atoms with Gasteiger partial charge in [0.2, 0.25) is 0 Å². The van der Waals surface area contributed by atoms with Crippen molar-refractivity contribution in [2.45, 2.75) is 19.2 Å². The van der Waals surface area contributed by atoms with Crippen LogP contribution < -0.4 is 10.2 Å². The van der Waals surface area contributed by atoms with Crippen molar-refractivity contribution in [3.8, 4) is 0 Å². The zero-order valence-electron chi connectivity index (χ0n) is 19.4. The van der Waals surface area contributed by atoms with E-state index in [4.69, 9.17) is 0 Å². The van der Waals surface area contributed by atoms with E-state index in [2.05, 4.69) is 88.8 Å². The maximum atomic E-state index is 12.5. The van der Waals surface area contributed by atoms with Gasteiger partial charge < -0.3 is 10.2 Å². The molecule has 3 aromatic carbocycles. The lowest BCUT2D eigenvalue weighted by atomic mass is 10.1. The monoisotopic (exact) mass is 459 g/mol. The summed E-state index contributed by atoms with van der Waals surface area (Å²) in [7, 11) is 0. The smallest absolute Gasteiger partial charge is 0.251 e. The quantitative estimate of drug-likeness (QED) is 0.458. The Labute approximate surface area is 202 Å². The number of aryl methyl sites for hydroxylation is 1. The largest absolute Gasteiger partial charge is 0.369 e. The minimum Gasteiger partial charge on any atom is -0.369 e. The van der Waals surface area contributed by atoms with Gasteiger partial charge in [0.1, 0.15) is 0 Å². The van der Waals surface area contributed by atoms with Crippen LogP contribution in [-0.4, -0.2) is 49.3 Å². The van der Waals surface area contributed by atoms with Crippen molar-refractivity contribution >= 4 is 23.4 Å². The van der Waals surface area contributed by atoms with Crippen molar-refractivity contribution in [1.29, 1.82) is 0 Å². The normalized spacial score (nSPS) is 14.3. The molecule has 0 bridgehead atoms. The predicted octanol–water partition coefficient (Wildman–Crippen LogP) is 4.98. The average molecular weight is 460 g/mol. The van der Waals surface area contributed by atoms with Crippen LogP contribution in [0.1, 0.15) is 27.0 Å². The van der Waals surface area contributed by atoms with Crippen LogP contribution in [0.15, 0.2) is 78.9 Å². The van der Waals surface area contributed by atoms with Crippen LogP contribution in [0.3, 0.4) is 0 Å². The number of rotatable bonds is 9. The van der Waals surface area contributed by atoms with E-state index in [1.807, 2.05) is 23.9 Å². The summed E-state index contributed by atoms with van der Waals surface area (Å²) in [6.07, 6.45) is 0. The minimum atomic E-state index is 0.00830. The number of benzene rings is 3. The van der Waals surface area contributed by atoms with Gasteiger partial charge in [0, 0.05) is 62.0 Å². The van der Waals surface area contributed by atoms with E-state index in [0.29, 0.717) is 6.54 Å². The van der Waals surface area contributed by atoms with Crippen LogP contribution in [-0.2, 0) is 12.3 Å². The van der Waals surface area contributed by atoms with E-state index in [0.717, 1.165) is 49.8 Å². The van der Waals surface area contributed by atoms with Gasteiger partial charge in [0.05, 0.1) is 0 Å². The molecule has 1 amide bonds. The molecule has 0 aliphatic carbocycles. The second-order valence-corrected chi connectivity index (χ2v) is 9.69. The Morgan fingerprint density at radius 3 is 2.21 bits per heavy atom. The fraction of sp³-hybridized carbons (Fsp3) is 0.321. The Morgan fingerprint density at radius 2 is 1.52 bits per heavy atom. The van der Waals surface area contributed by atoms with Gasteiger partial charge in [-0.3, -0.25) is 9.69 Å². The molecule has 1 N–H and O–H groups in total. The van der Waals surface area contributed by atoms with E-state index in [1.165, 1.54) is 22.4 Å². The maximum absolute atomic E-state index is 12.5. The fourth-order valence-electron chi connectivity index (χ4n) is 4.04. The molecule has 1 fully saturated rings. The summed E-state index contributed by atoms with van der Waals surface area (Å²) in [5.74, 6) is 1.89. The first kappa shape index (κ1) is 23.4. The molecule has 4 rings (SSSR count). The summed E-state index contributed by atoms with van der Waals surface area (Å²) in [4.78, 5) is 17.4. The first-order valence-electron chi connectivity index (χ1n) is 11.7. The fourth-order valence-corrected chi connectivity index (χ4v) is 4.85. The third-order valence-corrected chi connectivity index (χ3v) is 7.07. The van der Waals surface area contributed by atoms with Crippen LogP contribution in [0.4, 0.5) is 5.69 Å². The lowest BCUT2D eigenvalue weighted by Gasteiger charge is -2.36. The Morgan fingerprint density at radius 1 is 0.848 bits per heavy atom. The minimum absolute atomic E-state index is 0.00830. The Balaban J connectivity index is 1.15. The van der Waals surface area contributed by atoms with Gasteiger partial charge in [-0.15, -0.1) is 0 Å². The number of nitrogens with one attached hydrogen (secondary N) is 1. The molecule has 33 heavy (non-hydrogen) atoms. The molecule has 0 saturated carbocycles. The van der Waals surface area contributed by atoms with E-state index in [1.54, 1.807) is 0 Å². The van der Waals surface area contributed by atoms with Gasteiger partial charge in [-0.05, 0) is 42.3 Å². The topological polar surface area (TPSA) is 35.6 Å². The number of amides is 1. The number of carbonyl (C=O) groups is 1. The molecular weight excluding hydrogens is 426 g/mol. The SMILES string of the molecule is Cc1ccc(CSCCNC(=O)c2ccc(CN3CCN(c4ccccc4)CC3)cc2)cc1. The number of nitrogens with zero attached hydrogens (tertiary/aromatic N) is 2. The summed E-state index contributed by atoms with van der Waals surface area (Å²) in [5, 5.41) is 3.04. The summed E-state index contributed by atoms with van der Waals surface area (Å²) in [6.45, 7) is 7.92. The van der Waals surface area contributed by atoms with Crippen molar-refractivity contribution in [2.24, 2.45) is 0 Å². The molecule has 5 heteroatoms. The van der Waals surface area contributed by atoms with E-state index in [9.17, 15) is 4.79 Å². The van der Waals surface area contributed by atoms with Gasteiger partial charge in [0.25, 0.3) is 5.91 Å². The molecular formula is C28H33N3OS. The van der Waals surface area contributed by atoms with Gasteiger partial charge in [0.15, 0.2) is 0 Å². The van der Waals surface area contributed by atoms with Crippen LogP contribution in [0, 0.1) is 6.92 Å². The van der Waals surface area contributed by atoms with E-state index < -0.39 is 0 Å². The molecule has 4 nitrogen and oxygen atoms in total. The second kappa shape index (κ2) is 11.9. The molecule has 1 heterocycles. The van der Waals surface area contributed by atoms with E-state index in [-0.39, 0.29) is 5.91 Å². The van der Waals surface area contributed by atoms with Gasteiger partial charge in [-0.25, -0.2) is 0 Å². The number of hydrogen-bond acceptors (Lipinski definition) is 4. The molecule has 0 spiro atoms. The molecule has 1 saturated heterocycles. The van der Waals surface area contributed by atoms with Crippen LogP contribution in [0.25, 0.3) is 0 Å². The van der Waals surface area contributed by atoms with Crippen molar-refractivity contribution in [1.82, 2.24) is 10.2 Å². The Bertz CT molecular complexity index is 998. The van der Waals surface area contributed by atoms with Crippen molar-refractivity contribution in [3.05, 3.63) is 101 Å². The summed E-state index contributed by atoms with van der Waals surface area (Å²) >= 11 is 1.85. The van der Waals surface area contributed by atoms with Crippen LogP contribution >= 0.6 is 11.8 Å². The first-order valence-corrected chi connectivity index (χ1v) is 12.9. The van der Waals surface area contributed by atoms with Crippen molar-refractivity contribution in [3.63, 3.8) is 0 Å². The van der Waals surface area contributed by atoms with Crippen LogP contribution in [0.5, 0.6) is 0 Å². The zero-order chi connectivity index (χ0) is 22.9. The average Bonchev–Trinajstić information content (AvgIpc) is 2.86. The molecule has 0 radical (unpaired) electrons. The van der Waals surface area contributed by atoms with E-state index >= 15 is 0 Å². The Kier molecular flexibility index (Phi) is 8.45. The highest BCUT2D eigenvalue weighted by molar-refractivity contribution is 7.98. The molecule has 0 unspecified atom stereocenters. The van der Waals surface area contributed by atoms with Crippen molar-refractivity contribution < 1.29 is 4.79 Å². The summed E-state index contributed by atoms with van der Waals surface area (Å²) < 4.78 is 0. The first-order chi connectivity index (χ1) is 16.2. The zero-order valence-corrected chi connectivity index (χ0v) is 20.2. The lowest BCUT2D eigenvalue weighted by molar-refractivity contribution is 0.0956. The number of carbonyl (C=O) groups excluding carboxylic acids is 1. The molecule has 1 aliphatic heterocycles. The highest BCUT2D eigenvalue weighted by Gasteiger charge is 2.17. The number of hydrogen-bond donors (Lipinski definition) is 1. The van der Waals surface area contributed by atoms with Gasteiger partial charge in [-0.2, -0.15) is 11.8 Å². The number of piperazine rings is 1. The molecule has 1 aliphatic rings. The maximum Gasteiger partial charge on any atom is 0.251 e. The van der Waals surface area contributed by atoms with Crippen LogP contribution in [0.2, 0.25) is 0 Å². The second-order valence-electron chi connectivity index (χ2n) is 8.59. The molecule has 0 atom stereocenters. The van der Waals surface area contributed by atoms with Gasteiger partial charge >= 0.3 is 0 Å². The number of para-hydroxylation sites is 1. The van der Waals surface area contributed by atoms with Crippen molar-refractivity contribution in [2.75, 3.05) is 43.4 Å².